The number of hydrogen-bond donors (Lipinski definition) is 1. The summed E-state index contributed by atoms with van der Waals surface area (Å²) in [6.07, 6.45) is 2.79. The number of ether oxygens (including phenoxy) is 1. The monoisotopic (exact) mass is 340 g/mol. The third-order valence-corrected chi connectivity index (χ3v) is 4.27. The van der Waals surface area contributed by atoms with Crippen molar-refractivity contribution in [3.05, 3.63) is 28.2 Å². The second-order valence-electron chi connectivity index (χ2n) is 5.23. The number of nitrogens with one attached hydrogen (secondary N) is 1. The maximum Gasteiger partial charge on any atom is 0.0750 e. The number of benzene rings is 1. The zero-order valence-corrected chi connectivity index (χ0v) is 14.1. The van der Waals surface area contributed by atoms with Crippen molar-refractivity contribution >= 4 is 21.6 Å². The molecule has 1 aromatic carbocycles. The summed E-state index contributed by atoms with van der Waals surface area (Å²) in [4.78, 5) is 2.44. The van der Waals surface area contributed by atoms with Gasteiger partial charge >= 0.3 is 0 Å². The number of likely N-dealkylation sites (N-methyl/N-ethyl adjacent to an activating group) is 1. The summed E-state index contributed by atoms with van der Waals surface area (Å²) in [7, 11) is 0. The molecule has 20 heavy (non-hydrogen) atoms. The lowest BCUT2D eigenvalue weighted by atomic mass is 10.1. The molecular formula is C16H25BrN2O. The van der Waals surface area contributed by atoms with Gasteiger partial charge in [-0.2, -0.15) is 0 Å². The number of anilines is 1. The highest BCUT2D eigenvalue weighted by molar-refractivity contribution is 9.10. The smallest absolute Gasteiger partial charge is 0.0750 e. The van der Waals surface area contributed by atoms with E-state index in [-0.39, 0.29) is 0 Å². The first-order valence-corrected chi connectivity index (χ1v) is 8.39. The van der Waals surface area contributed by atoms with E-state index < -0.39 is 0 Å². The van der Waals surface area contributed by atoms with Gasteiger partial charge < -0.3 is 15.0 Å². The van der Waals surface area contributed by atoms with Crippen molar-refractivity contribution in [3.8, 4) is 0 Å². The van der Waals surface area contributed by atoms with E-state index in [1.54, 1.807) is 0 Å². The first kappa shape index (κ1) is 15.8. The molecule has 1 heterocycles. The topological polar surface area (TPSA) is 24.5 Å². The van der Waals surface area contributed by atoms with Crippen LogP contribution in [0.25, 0.3) is 0 Å². The SMILES string of the molecule is CCNCc1cc(Br)ccc1N(CC)CC1CCCO1. The van der Waals surface area contributed by atoms with Crippen LogP contribution in [0.5, 0.6) is 0 Å². The van der Waals surface area contributed by atoms with E-state index in [0.29, 0.717) is 6.10 Å². The number of halogens is 1. The summed E-state index contributed by atoms with van der Waals surface area (Å²) in [6.45, 7) is 9.19. The van der Waals surface area contributed by atoms with E-state index in [9.17, 15) is 0 Å². The van der Waals surface area contributed by atoms with Crippen molar-refractivity contribution in [2.75, 3.05) is 31.1 Å². The van der Waals surface area contributed by atoms with E-state index in [1.165, 1.54) is 24.1 Å². The Hall–Kier alpha value is -0.580. The van der Waals surface area contributed by atoms with Gasteiger partial charge in [-0.1, -0.05) is 22.9 Å². The van der Waals surface area contributed by atoms with Crippen LogP contribution < -0.4 is 10.2 Å². The zero-order chi connectivity index (χ0) is 14.4. The molecule has 0 bridgehead atoms. The third kappa shape index (κ3) is 4.21. The molecule has 1 unspecified atom stereocenters. The van der Waals surface area contributed by atoms with E-state index >= 15 is 0 Å². The third-order valence-electron chi connectivity index (χ3n) is 3.78. The molecule has 1 aromatic rings. The lowest BCUT2D eigenvalue weighted by Crippen LogP contribution is -2.33. The lowest BCUT2D eigenvalue weighted by molar-refractivity contribution is 0.115. The molecule has 4 heteroatoms. The standard InChI is InChI=1S/C16H25BrN2O/c1-3-18-11-13-10-14(17)7-8-16(13)19(4-2)12-15-6-5-9-20-15/h7-8,10,15,18H,3-6,9,11-12H2,1-2H3. The summed E-state index contributed by atoms with van der Waals surface area (Å²) in [6, 6.07) is 6.56. The maximum atomic E-state index is 5.78. The summed E-state index contributed by atoms with van der Waals surface area (Å²) in [5.74, 6) is 0. The van der Waals surface area contributed by atoms with Crippen LogP contribution in [0.2, 0.25) is 0 Å². The Morgan fingerprint density at radius 2 is 2.25 bits per heavy atom. The minimum atomic E-state index is 0.394. The van der Waals surface area contributed by atoms with Crippen LogP contribution in [0.15, 0.2) is 22.7 Å². The Balaban J connectivity index is 2.13. The van der Waals surface area contributed by atoms with Gasteiger partial charge in [-0.25, -0.2) is 0 Å². The summed E-state index contributed by atoms with van der Waals surface area (Å²) < 4.78 is 6.93. The first-order valence-electron chi connectivity index (χ1n) is 7.60. The quantitative estimate of drug-likeness (QED) is 0.821. The van der Waals surface area contributed by atoms with Crippen LogP contribution in [-0.2, 0) is 11.3 Å². The summed E-state index contributed by atoms with van der Waals surface area (Å²) >= 11 is 3.58. The second kappa shape index (κ2) is 8.01. The highest BCUT2D eigenvalue weighted by Crippen LogP contribution is 2.26. The fourth-order valence-corrected chi connectivity index (χ4v) is 3.10. The average Bonchev–Trinajstić information content (AvgIpc) is 2.96. The van der Waals surface area contributed by atoms with Crippen molar-refractivity contribution in [2.24, 2.45) is 0 Å². The predicted molar refractivity (Wildman–Crippen MR) is 88.4 cm³/mol. The summed E-state index contributed by atoms with van der Waals surface area (Å²) in [5, 5.41) is 3.43. The van der Waals surface area contributed by atoms with Crippen molar-refractivity contribution in [1.82, 2.24) is 5.32 Å². The van der Waals surface area contributed by atoms with Gasteiger partial charge in [0.25, 0.3) is 0 Å². The van der Waals surface area contributed by atoms with Crippen LogP contribution >= 0.6 is 15.9 Å². The fourth-order valence-electron chi connectivity index (χ4n) is 2.70. The molecule has 0 amide bonds. The lowest BCUT2D eigenvalue weighted by Gasteiger charge is -2.28. The highest BCUT2D eigenvalue weighted by Gasteiger charge is 2.20. The van der Waals surface area contributed by atoms with Crippen LogP contribution in [-0.4, -0.2) is 32.3 Å². The Morgan fingerprint density at radius 1 is 1.40 bits per heavy atom. The van der Waals surface area contributed by atoms with Gasteiger partial charge in [0.05, 0.1) is 6.10 Å². The van der Waals surface area contributed by atoms with Gasteiger partial charge in [0.2, 0.25) is 0 Å². The van der Waals surface area contributed by atoms with Gasteiger partial charge in [-0.05, 0) is 50.1 Å². The second-order valence-corrected chi connectivity index (χ2v) is 6.14. The molecule has 0 spiro atoms. The normalized spacial score (nSPS) is 18.4. The van der Waals surface area contributed by atoms with E-state index in [1.807, 2.05) is 0 Å². The van der Waals surface area contributed by atoms with Crippen molar-refractivity contribution in [1.29, 1.82) is 0 Å². The molecule has 1 fully saturated rings. The van der Waals surface area contributed by atoms with Crippen molar-refractivity contribution in [2.45, 2.75) is 39.3 Å². The minimum Gasteiger partial charge on any atom is -0.376 e. The fraction of sp³-hybridized carbons (Fsp3) is 0.625. The molecule has 0 saturated carbocycles. The molecule has 3 nitrogen and oxygen atoms in total. The molecule has 0 aliphatic carbocycles. The molecule has 1 aliphatic rings. The number of hydrogen-bond acceptors (Lipinski definition) is 3. The Morgan fingerprint density at radius 3 is 2.90 bits per heavy atom. The molecular weight excluding hydrogens is 316 g/mol. The molecule has 112 valence electrons. The Labute approximate surface area is 130 Å². The van der Waals surface area contributed by atoms with Gasteiger partial charge in [-0.3, -0.25) is 0 Å². The van der Waals surface area contributed by atoms with Gasteiger partial charge in [0, 0.05) is 36.4 Å². The molecule has 1 N–H and O–H groups in total. The number of rotatable bonds is 7. The largest absolute Gasteiger partial charge is 0.376 e. The van der Waals surface area contributed by atoms with E-state index in [0.717, 1.165) is 37.3 Å². The number of nitrogens with zero attached hydrogens (tertiary/aromatic N) is 1. The molecule has 1 saturated heterocycles. The van der Waals surface area contributed by atoms with Gasteiger partial charge in [-0.15, -0.1) is 0 Å². The molecule has 1 aliphatic heterocycles. The Bertz CT molecular complexity index is 419. The molecule has 0 aromatic heterocycles. The highest BCUT2D eigenvalue weighted by atomic mass is 79.9. The first-order chi connectivity index (χ1) is 9.74. The van der Waals surface area contributed by atoms with Crippen molar-refractivity contribution in [3.63, 3.8) is 0 Å². The van der Waals surface area contributed by atoms with Crippen LogP contribution in [0.1, 0.15) is 32.3 Å². The molecule has 2 rings (SSSR count). The molecule has 0 radical (unpaired) electrons. The minimum absolute atomic E-state index is 0.394. The summed E-state index contributed by atoms with van der Waals surface area (Å²) in [5.41, 5.74) is 2.67. The molecule has 1 atom stereocenters. The maximum absolute atomic E-state index is 5.78. The van der Waals surface area contributed by atoms with Crippen molar-refractivity contribution < 1.29 is 4.74 Å². The zero-order valence-electron chi connectivity index (χ0n) is 12.5. The van der Waals surface area contributed by atoms with Crippen LogP contribution in [0, 0.1) is 0 Å². The Kier molecular flexibility index (Phi) is 6.33. The van der Waals surface area contributed by atoms with Crippen LogP contribution in [0.3, 0.4) is 0 Å². The van der Waals surface area contributed by atoms with E-state index in [2.05, 4.69) is 58.2 Å². The average molecular weight is 341 g/mol. The van der Waals surface area contributed by atoms with Gasteiger partial charge in [0.15, 0.2) is 0 Å². The van der Waals surface area contributed by atoms with Crippen LogP contribution in [0.4, 0.5) is 5.69 Å². The predicted octanol–water partition coefficient (Wildman–Crippen LogP) is 3.56. The van der Waals surface area contributed by atoms with Gasteiger partial charge in [0.1, 0.15) is 0 Å². The van der Waals surface area contributed by atoms with E-state index in [4.69, 9.17) is 4.74 Å².